The van der Waals surface area contributed by atoms with Crippen LogP contribution >= 0.6 is 0 Å². The SMILES string of the molecule is Cc1[nH]c2c(F)cccc2c1CC(=O)N1[C@H]2CCNC[C@@H]1CC2. The molecule has 0 unspecified atom stereocenters. The second-order valence-electron chi connectivity index (χ2n) is 6.75. The van der Waals surface area contributed by atoms with E-state index in [4.69, 9.17) is 0 Å². The Bertz CT molecular complexity index is 740. The van der Waals surface area contributed by atoms with Gasteiger partial charge in [-0.1, -0.05) is 12.1 Å². The number of nitrogens with one attached hydrogen (secondary N) is 2. The van der Waals surface area contributed by atoms with E-state index in [-0.39, 0.29) is 11.7 Å². The largest absolute Gasteiger partial charge is 0.356 e. The van der Waals surface area contributed by atoms with Gasteiger partial charge in [0.25, 0.3) is 0 Å². The molecule has 5 heteroatoms. The number of aromatic amines is 1. The van der Waals surface area contributed by atoms with Gasteiger partial charge >= 0.3 is 0 Å². The molecule has 0 spiro atoms. The van der Waals surface area contributed by atoms with E-state index < -0.39 is 0 Å². The summed E-state index contributed by atoms with van der Waals surface area (Å²) in [5.74, 6) is -0.0854. The summed E-state index contributed by atoms with van der Waals surface area (Å²) in [6.07, 6.45) is 3.58. The highest BCUT2D eigenvalue weighted by atomic mass is 19.1. The van der Waals surface area contributed by atoms with Crippen LogP contribution in [0.2, 0.25) is 0 Å². The number of amides is 1. The van der Waals surface area contributed by atoms with Crippen LogP contribution in [0.5, 0.6) is 0 Å². The average molecular weight is 315 g/mol. The minimum Gasteiger partial charge on any atom is -0.356 e. The van der Waals surface area contributed by atoms with Crippen LogP contribution in [0.25, 0.3) is 10.9 Å². The molecule has 3 heterocycles. The zero-order valence-electron chi connectivity index (χ0n) is 13.4. The van der Waals surface area contributed by atoms with Gasteiger partial charge in [-0.3, -0.25) is 4.79 Å². The van der Waals surface area contributed by atoms with Crippen LogP contribution in [0.1, 0.15) is 30.5 Å². The lowest BCUT2D eigenvalue weighted by Crippen LogP contribution is -2.43. The minimum absolute atomic E-state index is 0.175. The van der Waals surface area contributed by atoms with E-state index in [9.17, 15) is 9.18 Å². The van der Waals surface area contributed by atoms with E-state index in [0.29, 0.717) is 24.0 Å². The number of para-hydroxylation sites is 1. The Morgan fingerprint density at radius 3 is 3.00 bits per heavy atom. The number of benzene rings is 1. The molecule has 4 rings (SSSR count). The molecule has 0 aliphatic carbocycles. The Balaban J connectivity index is 1.64. The maximum atomic E-state index is 13.9. The molecule has 2 N–H and O–H groups in total. The third kappa shape index (κ3) is 2.43. The Morgan fingerprint density at radius 2 is 2.13 bits per heavy atom. The van der Waals surface area contributed by atoms with Crippen molar-refractivity contribution < 1.29 is 9.18 Å². The topological polar surface area (TPSA) is 48.1 Å². The normalized spacial score (nSPS) is 24.2. The zero-order valence-corrected chi connectivity index (χ0v) is 13.4. The number of hydrogen-bond donors (Lipinski definition) is 2. The standard InChI is InChI=1S/C18H22FN3O/c1-11-15(14-3-2-4-16(19)18(14)21-11)9-17(23)22-12-5-6-13(22)10-20-8-7-12/h2-4,12-13,20-21H,5-10H2,1H3/t12-,13+/m1/s1. The summed E-state index contributed by atoms with van der Waals surface area (Å²) in [5.41, 5.74) is 2.33. The molecule has 1 aromatic heterocycles. The molecule has 2 atom stereocenters. The molecule has 2 saturated heterocycles. The highest BCUT2D eigenvalue weighted by Crippen LogP contribution is 2.30. The number of carbonyl (C=O) groups is 1. The number of fused-ring (bicyclic) bond motifs is 3. The fourth-order valence-electron chi connectivity index (χ4n) is 4.23. The van der Waals surface area contributed by atoms with Gasteiger partial charge in [0.1, 0.15) is 5.82 Å². The fourth-order valence-corrected chi connectivity index (χ4v) is 4.23. The number of hydrogen-bond acceptors (Lipinski definition) is 2. The summed E-state index contributed by atoms with van der Waals surface area (Å²) in [5, 5.41) is 4.25. The van der Waals surface area contributed by atoms with E-state index in [2.05, 4.69) is 15.2 Å². The maximum absolute atomic E-state index is 13.9. The Hall–Kier alpha value is -1.88. The molecule has 122 valence electrons. The summed E-state index contributed by atoms with van der Waals surface area (Å²) in [4.78, 5) is 18.1. The quantitative estimate of drug-likeness (QED) is 0.894. The van der Waals surface area contributed by atoms with E-state index in [1.165, 1.54) is 6.07 Å². The molecule has 2 aromatic rings. The minimum atomic E-state index is -0.261. The van der Waals surface area contributed by atoms with Gasteiger partial charge in [-0.2, -0.15) is 0 Å². The molecule has 1 amide bonds. The molecule has 23 heavy (non-hydrogen) atoms. The fraction of sp³-hybridized carbons (Fsp3) is 0.500. The molecule has 2 aliphatic heterocycles. The highest BCUT2D eigenvalue weighted by Gasteiger charge is 2.38. The van der Waals surface area contributed by atoms with Crippen LogP contribution in [0.4, 0.5) is 4.39 Å². The maximum Gasteiger partial charge on any atom is 0.227 e. The molecule has 4 nitrogen and oxygen atoms in total. The molecular formula is C18H22FN3O. The van der Waals surface area contributed by atoms with Gasteiger partial charge < -0.3 is 15.2 Å². The van der Waals surface area contributed by atoms with Crippen LogP contribution in [-0.2, 0) is 11.2 Å². The summed E-state index contributed by atoms with van der Waals surface area (Å²) < 4.78 is 13.9. The van der Waals surface area contributed by atoms with Crippen LogP contribution in [0.15, 0.2) is 18.2 Å². The summed E-state index contributed by atoms with van der Waals surface area (Å²) in [7, 11) is 0. The van der Waals surface area contributed by atoms with Gasteiger partial charge in [0.05, 0.1) is 11.9 Å². The van der Waals surface area contributed by atoms with Crippen LogP contribution in [-0.4, -0.2) is 41.0 Å². The van der Waals surface area contributed by atoms with Gasteiger partial charge in [0.15, 0.2) is 0 Å². The van der Waals surface area contributed by atoms with Crippen molar-refractivity contribution in [3.8, 4) is 0 Å². The Kier molecular flexibility index (Phi) is 3.60. The summed E-state index contributed by atoms with van der Waals surface area (Å²) in [6.45, 7) is 3.80. The first-order chi connectivity index (χ1) is 11.1. The molecule has 2 fully saturated rings. The van der Waals surface area contributed by atoms with Crippen molar-refractivity contribution in [1.82, 2.24) is 15.2 Å². The first kappa shape index (κ1) is 14.7. The lowest BCUT2D eigenvalue weighted by molar-refractivity contribution is -0.133. The van der Waals surface area contributed by atoms with Gasteiger partial charge in [-0.25, -0.2) is 4.39 Å². The van der Waals surface area contributed by atoms with E-state index >= 15 is 0 Å². The van der Waals surface area contributed by atoms with E-state index in [1.54, 1.807) is 6.07 Å². The molecule has 2 bridgehead atoms. The lowest BCUT2D eigenvalue weighted by Gasteiger charge is -2.28. The first-order valence-corrected chi connectivity index (χ1v) is 8.42. The number of halogens is 1. The van der Waals surface area contributed by atoms with Gasteiger partial charge in [0.2, 0.25) is 5.91 Å². The number of H-pyrrole nitrogens is 1. The van der Waals surface area contributed by atoms with E-state index in [1.807, 2.05) is 13.0 Å². The van der Waals surface area contributed by atoms with Crippen molar-refractivity contribution in [2.45, 2.75) is 44.7 Å². The van der Waals surface area contributed by atoms with Crippen molar-refractivity contribution in [2.24, 2.45) is 0 Å². The third-order valence-electron chi connectivity index (χ3n) is 5.37. The number of carbonyl (C=O) groups excluding carboxylic acids is 1. The van der Waals surface area contributed by atoms with Crippen LogP contribution in [0, 0.1) is 12.7 Å². The Labute approximate surface area is 135 Å². The predicted octanol–water partition coefficient (Wildman–Crippen LogP) is 2.51. The van der Waals surface area contributed by atoms with Gasteiger partial charge in [-0.15, -0.1) is 0 Å². The number of aryl methyl sites for hydroxylation is 1. The van der Waals surface area contributed by atoms with Crippen molar-refractivity contribution >= 4 is 16.8 Å². The summed E-state index contributed by atoms with van der Waals surface area (Å²) in [6, 6.07) is 5.73. The van der Waals surface area contributed by atoms with Crippen molar-refractivity contribution in [2.75, 3.05) is 13.1 Å². The molecule has 0 saturated carbocycles. The van der Waals surface area contributed by atoms with Crippen LogP contribution < -0.4 is 5.32 Å². The lowest BCUT2D eigenvalue weighted by atomic mass is 10.1. The van der Waals surface area contributed by atoms with E-state index in [0.717, 1.165) is 49.0 Å². The Morgan fingerprint density at radius 1 is 1.30 bits per heavy atom. The monoisotopic (exact) mass is 315 g/mol. The molecular weight excluding hydrogens is 293 g/mol. The number of aromatic nitrogens is 1. The second-order valence-corrected chi connectivity index (χ2v) is 6.75. The summed E-state index contributed by atoms with van der Waals surface area (Å²) >= 11 is 0. The molecule has 1 aromatic carbocycles. The average Bonchev–Trinajstić information content (AvgIpc) is 2.97. The van der Waals surface area contributed by atoms with Crippen LogP contribution in [0.3, 0.4) is 0 Å². The van der Waals surface area contributed by atoms with Crippen molar-refractivity contribution in [3.63, 3.8) is 0 Å². The third-order valence-corrected chi connectivity index (χ3v) is 5.37. The van der Waals surface area contributed by atoms with Gasteiger partial charge in [-0.05, 0) is 44.4 Å². The highest BCUT2D eigenvalue weighted by molar-refractivity contribution is 5.90. The number of rotatable bonds is 2. The van der Waals surface area contributed by atoms with Gasteiger partial charge in [0, 0.05) is 29.7 Å². The smallest absolute Gasteiger partial charge is 0.227 e. The van der Waals surface area contributed by atoms with Crippen molar-refractivity contribution in [3.05, 3.63) is 35.3 Å². The predicted molar refractivity (Wildman–Crippen MR) is 87.8 cm³/mol. The second kappa shape index (κ2) is 5.64. The molecule has 0 radical (unpaired) electrons. The first-order valence-electron chi connectivity index (χ1n) is 8.42. The molecule has 2 aliphatic rings. The zero-order chi connectivity index (χ0) is 16.0. The van der Waals surface area contributed by atoms with Crippen molar-refractivity contribution in [1.29, 1.82) is 0 Å². The number of nitrogens with zero attached hydrogens (tertiary/aromatic N) is 1.